The number of fused-ring (bicyclic) bond motifs is 1. The van der Waals surface area contributed by atoms with Crippen LogP contribution < -0.4 is 5.56 Å². The topological polar surface area (TPSA) is 94.1 Å². The summed E-state index contributed by atoms with van der Waals surface area (Å²) in [5.74, 6) is 0.219. The zero-order valence-electron chi connectivity index (χ0n) is 18.5. The van der Waals surface area contributed by atoms with Gasteiger partial charge in [0.25, 0.3) is 16.7 Å². The van der Waals surface area contributed by atoms with E-state index >= 15 is 0 Å². The van der Waals surface area contributed by atoms with Crippen LogP contribution in [0.5, 0.6) is 0 Å². The molecular weight excluding hydrogens is 450 g/mol. The summed E-state index contributed by atoms with van der Waals surface area (Å²) in [7, 11) is 0. The summed E-state index contributed by atoms with van der Waals surface area (Å²) in [6, 6.07) is 16.8. The third kappa shape index (κ3) is 5.15. The number of hydrogen-bond donors (Lipinski definition) is 0. The minimum atomic E-state index is -0.201. The summed E-state index contributed by atoms with van der Waals surface area (Å²) in [6.07, 6.45) is 3.33. The molecule has 8 nitrogen and oxygen atoms in total. The van der Waals surface area contributed by atoms with Crippen LogP contribution in [0.25, 0.3) is 22.4 Å². The normalized spacial score (nSPS) is 10.8. The maximum atomic E-state index is 13.0. The molecule has 172 valence electrons. The lowest BCUT2D eigenvalue weighted by molar-refractivity contribution is -0.127. The molecule has 2 aromatic carbocycles. The van der Waals surface area contributed by atoms with Gasteiger partial charge in [-0.3, -0.25) is 9.59 Å². The Morgan fingerprint density at radius 3 is 2.38 bits per heavy atom. The number of benzene rings is 2. The SMILES string of the molecule is C=CCN(CC=C)C(=O)CSc1nnc(-c2nn(Cc3ccccc3)c(=O)c3ccccc23)o1. The molecule has 0 aliphatic heterocycles. The number of amides is 1. The minimum Gasteiger partial charge on any atom is -0.409 e. The molecule has 0 aliphatic carbocycles. The molecular formula is C25H23N5O3S. The van der Waals surface area contributed by atoms with Gasteiger partial charge in [-0.05, 0) is 11.6 Å². The van der Waals surface area contributed by atoms with Crippen LogP contribution in [-0.2, 0) is 11.3 Å². The molecule has 0 unspecified atom stereocenters. The first-order chi connectivity index (χ1) is 16.6. The first-order valence-corrected chi connectivity index (χ1v) is 11.6. The first-order valence-electron chi connectivity index (χ1n) is 10.6. The van der Waals surface area contributed by atoms with E-state index < -0.39 is 0 Å². The van der Waals surface area contributed by atoms with E-state index in [1.807, 2.05) is 36.4 Å². The second kappa shape index (κ2) is 10.8. The third-order valence-electron chi connectivity index (χ3n) is 5.02. The monoisotopic (exact) mass is 473 g/mol. The second-order valence-corrected chi connectivity index (χ2v) is 8.31. The largest absolute Gasteiger partial charge is 0.409 e. The number of carbonyl (C=O) groups is 1. The van der Waals surface area contributed by atoms with E-state index in [9.17, 15) is 9.59 Å². The van der Waals surface area contributed by atoms with E-state index in [-0.39, 0.29) is 28.3 Å². The number of rotatable bonds is 10. The Hall–Kier alpha value is -3.98. The van der Waals surface area contributed by atoms with Crippen LogP contribution in [0.2, 0.25) is 0 Å². The molecule has 4 rings (SSSR count). The molecule has 2 heterocycles. The number of carbonyl (C=O) groups excluding carboxylic acids is 1. The van der Waals surface area contributed by atoms with Gasteiger partial charge in [0.1, 0.15) is 0 Å². The van der Waals surface area contributed by atoms with Gasteiger partial charge >= 0.3 is 0 Å². The molecule has 0 spiro atoms. The van der Waals surface area contributed by atoms with Crippen LogP contribution >= 0.6 is 11.8 Å². The lowest BCUT2D eigenvalue weighted by Crippen LogP contribution is -2.32. The van der Waals surface area contributed by atoms with E-state index in [0.717, 1.165) is 17.3 Å². The predicted octanol–water partition coefficient (Wildman–Crippen LogP) is 3.79. The highest BCUT2D eigenvalue weighted by Gasteiger charge is 2.19. The van der Waals surface area contributed by atoms with Crippen molar-refractivity contribution >= 4 is 28.4 Å². The van der Waals surface area contributed by atoms with Gasteiger partial charge in [-0.1, -0.05) is 72.4 Å². The van der Waals surface area contributed by atoms with E-state index in [4.69, 9.17) is 4.42 Å². The van der Waals surface area contributed by atoms with Crippen molar-refractivity contribution in [1.29, 1.82) is 0 Å². The Bertz CT molecular complexity index is 1370. The highest BCUT2D eigenvalue weighted by Crippen LogP contribution is 2.26. The summed E-state index contributed by atoms with van der Waals surface area (Å²) < 4.78 is 7.22. The Labute approximate surface area is 200 Å². The standard InChI is InChI=1S/C25H23N5O3S/c1-3-14-29(15-4-2)21(31)17-34-25-27-26-23(33-25)22-19-12-8-9-13-20(19)24(32)30(28-22)16-18-10-6-5-7-11-18/h3-13H,1-2,14-17H2. The Kier molecular flexibility index (Phi) is 7.34. The average molecular weight is 474 g/mol. The van der Waals surface area contributed by atoms with Crippen LogP contribution in [0.3, 0.4) is 0 Å². The Balaban J connectivity index is 1.62. The molecule has 0 aliphatic rings. The van der Waals surface area contributed by atoms with Gasteiger partial charge in [0, 0.05) is 18.5 Å². The Morgan fingerprint density at radius 1 is 1.00 bits per heavy atom. The van der Waals surface area contributed by atoms with Gasteiger partial charge in [0.15, 0.2) is 5.69 Å². The van der Waals surface area contributed by atoms with Gasteiger partial charge < -0.3 is 9.32 Å². The number of hydrogen-bond acceptors (Lipinski definition) is 7. The van der Waals surface area contributed by atoms with E-state index in [2.05, 4.69) is 28.5 Å². The molecule has 0 atom stereocenters. The molecule has 4 aromatic rings. The van der Waals surface area contributed by atoms with Gasteiger partial charge in [-0.25, -0.2) is 4.68 Å². The van der Waals surface area contributed by atoms with Gasteiger partial charge in [-0.2, -0.15) is 5.10 Å². The molecule has 0 saturated carbocycles. The van der Waals surface area contributed by atoms with E-state index in [1.165, 1.54) is 4.68 Å². The molecule has 34 heavy (non-hydrogen) atoms. The van der Waals surface area contributed by atoms with Crippen LogP contribution in [0.4, 0.5) is 0 Å². The quantitative estimate of drug-likeness (QED) is 0.255. The van der Waals surface area contributed by atoms with Crippen molar-refractivity contribution in [3.05, 3.63) is 95.8 Å². The van der Waals surface area contributed by atoms with Gasteiger partial charge in [0.2, 0.25) is 5.91 Å². The van der Waals surface area contributed by atoms with Crippen molar-refractivity contribution in [2.24, 2.45) is 0 Å². The number of thioether (sulfide) groups is 1. The second-order valence-electron chi connectivity index (χ2n) is 7.38. The van der Waals surface area contributed by atoms with Gasteiger partial charge in [0.05, 0.1) is 17.7 Å². The third-order valence-corrected chi connectivity index (χ3v) is 5.83. The van der Waals surface area contributed by atoms with Crippen LogP contribution in [0, 0.1) is 0 Å². The van der Waals surface area contributed by atoms with Crippen LogP contribution in [0.1, 0.15) is 5.56 Å². The van der Waals surface area contributed by atoms with E-state index in [1.54, 1.807) is 35.3 Å². The molecule has 0 N–H and O–H groups in total. The summed E-state index contributed by atoms with van der Waals surface area (Å²) >= 11 is 1.14. The van der Waals surface area contributed by atoms with Crippen molar-refractivity contribution in [1.82, 2.24) is 24.9 Å². The zero-order chi connectivity index (χ0) is 23.9. The number of aromatic nitrogens is 4. The maximum Gasteiger partial charge on any atom is 0.277 e. The fourth-order valence-electron chi connectivity index (χ4n) is 3.43. The van der Waals surface area contributed by atoms with Crippen LogP contribution in [0.15, 0.2) is 94.3 Å². The lowest BCUT2D eigenvalue weighted by atomic mass is 10.1. The fraction of sp³-hybridized carbons (Fsp3) is 0.160. The van der Waals surface area contributed by atoms with Crippen molar-refractivity contribution in [3.8, 4) is 11.6 Å². The van der Waals surface area contributed by atoms with Crippen molar-refractivity contribution in [3.63, 3.8) is 0 Å². The Morgan fingerprint density at radius 2 is 1.68 bits per heavy atom. The highest BCUT2D eigenvalue weighted by molar-refractivity contribution is 7.99. The van der Waals surface area contributed by atoms with Gasteiger partial charge in [-0.15, -0.1) is 23.4 Å². The molecule has 9 heteroatoms. The van der Waals surface area contributed by atoms with Crippen LogP contribution in [-0.4, -0.2) is 49.6 Å². The van der Waals surface area contributed by atoms with Crippen molar-refractivity contribution in [2.45, 2.75) is 11.8 Å². The number of nitrogens with zero attached hydrogens (tertiary/aromatic N) is 5. The molecule has 1 amide bonds. The minimum absolute atomic E-state index is 0.0930. The summed E-state index contributed by atoms with van der Waals surface area (Å²) in [5, 5.41) is 14.1. The van der Waals surface area contributed by atoms with Crippen molar-refractivity contribution < 1.29 is 9.21 Å². The lowest BCUT2D eigenvalue weighted by Gasteiger charge is -2.18. The highest BCUT2D eigenvalue weighted by atomic mass is 32.2. The molecule has 0 radical (unpaired) electrons. The van der Waals surface area contributed by atoms with E-state index in [0.29, 0.717) is 36.1 Å². The first kappa shape index (κ1) is 23.2. The molecule has 0 bridgehead atoms. The maximum absolute atomic E-state index is 13.0. The summed E-state index contributed by atoms with van der Waals surface area (Å²) in [4.78, 5) is 27.1. The summed E-state index contributed by atoms with van der Waals surface area (Å²) in [6.45, 7) is 8.52. The molecule has 0 saturated heterocycles. The van der Waals surface area contributed by atoms with Crippen molar-refractivity contribution in [2.75, 3.05) is 18.8 Å². The molecule has 0 fully saturated rings. The predicted molar refractivity (Wildman–Crippen MR) is 133 cm³/mol. The molecule has 2 aromatic heterocycles. The average Bonchev–Trinajstić information content (AvgIpc) is 3.34. The zero-order valence-corrected chi connectivity index (χ0v) is 19.3. The fourth-order valence-corrected chi connectivity index (χ4v) is 4.09. The smallest absolute Gasteiger partial charge is 0.277 e. The summed E-state index contributed by atoms with van der Waals surface area (Å²) in [5.41, 5.74) is 1.16.